The topological polar surface area (TPSA) is 54.7 Å². The first kappa shape index (κ1) is 9.09. The zero-order valence-electron chi connectivity index (χ0n) is 7.62. The van der Waals surface area contributed by atoms with E-state index in [1.807, 2.05) is 18.0 Å². The van der Waals surface area contributed by atoms with Crippen LogP contribution in [-0.4, -0.2) is 21.5 Å². The van der Waals surface area contributed by atoms with Crippen LogP contribution >= 0.6 is 11.8 Å². The second-order valence-electron chi connectivity index (χ2n) is 3.40. The van der Waals surface area contributed by atoms with E-state index >= 15 is 0 Å². The molecule has 0 saturated carbocycles. The normalized spacial score (nSPS) is 23.3. The third-order valence-corrected chi connectivity index (χ3v) is 3.66. The van der Waals surface area contributed by atoms with Crippen molar-refractivity contribution in [2.45, 2.75) is 25.3 Å². The van der Waals surface area contributed by atoms with Crippen molar-refractivity contribution in [1.82, 2.24) is 9.97 Å². The molecule has 0 aromatic carbocycles. The van der Waals surface area contributed by atoms with Gasteiger partial charge in [0.05, 0.1) is 6.54 Å². The first-order chi connectivity index (χ1) is 6.40. The minimum Gasteiger partial charge on any atom is -0.345 e. The highest BCUT2D eigenvalue weighted by Crippen LogP contribution is 2.29. The molecule has 0 bridgehead atoms. The van der Waals surface area contributed by atoms with Crippen molar-refractivity contribution >= 4 is 11.8 Å². The number of aromatic amines is 1. The van der Waals surface area contributed by atoms with Crippen molar-refractivity contribution in [2.75, 3.05) is 11.5 Å². The summed E-state index contributed by atoms with van der Waals surface area (Å²) >= 11 is 2.04. The lowest BCUT2D eigenvalue weighted by atomic mass is 10.0. The van der Waals surface area contributed by atoms with Crippen LogP contribution in [-0.2, 0) is 6.54 Å². The number of H-pyrrole nitrogens is 1. The van der Waals surface area contributed by atoms with Crippen molar-refractivity contribution in [2.24, 2.45) is 5.73 Å². The molecule has 1 saturated heterocycles. The Hall–Kier alpha value is -0.480. The van der Waals surface area contributed by atoms with Crippen molar-refractivity contribution in [3.05, 3.63) is 17.7 Å². The van der Waals surface area contributed by atoms with Gasteiger partial charge in [-0.2, -0.15) is 11.8 Å². The van der Waals surface area contributed by atoms with Gasteiger partial charge in [-0.15, -0.1) is 0 Å². The molecule has 0 aliphatic carbocycles. The lowest BCUT2D eigenvalue weighted by Crippen LogP contribution is -2.09. The van der Waals surface area contributed by atoms with Crippen LogP contribution in [0.1, 0.15) is 30.3 Å². The Morgan fingerprint density at radius 3 is 3.23 bits per heavy atom. The summed E-state index contributed by atoms with van der Waals surface area (Å²) in [5.41, 5.74) is 6.76. The van der Waals surface area contributed by atoms with E-state index in [1.165, 1.54) is 30.0 Å². The second-order valence-corrected chi connectivity index (χ2v) is 4.55. The minimum absolute atomic E-state index is 0.514. The molecule has 1 unspecified atom stereocenters. The van der Waals surface area contributed by atoms with Crippen LogP contribution in [0, 0.1) is 0 Å². The number of aromatic nitrogens is 2. The van der Waals surface area contributed by atoms with Crippen LogP contribution in [0.2, 0.25) is 0 Å². The molecule has 1 aromatic heterocycles. The van der Waals surface area contributed by atoms with Crippen molar-refractivity contribution in [1.29, 1.82) is 0 Å². The molecule has 1 aliphatic heterocycles. The van der Waals surface area contributed by atoms with Gasteiger partial charge >= 0.3 is 0 Å². The van der Waals surface area contributed by atoms with Gasteiger partial charge < -0.3 is 10.7 Å². The Morgan fingerprint density at radius 1 is 1.69 bits per heavy atom. The fourth-order valence-electron chi connectivity index (χ4n) is 1.68. The van der Waals surface area contributed by atoms with Crippen molar-refractivity contribution in [3.8, 4) is 0 Å². The van der Waals surface area contributed by atoms with E-state index in [0.717, 1.165) is 5.82 Å². The van der Waals surface area contributed by atoms with Crippen LogP contribution in [0.3, 0.4) is 0 Å². The summed E-state index contributed by atoms with van der Waals surface area (Å²) in [6.45, 7) is 0.514. The number of imidazole rings is 1. The van der Waals surface area contributed by atoms with E-state index < -0.39 is 0 Å². The number of thioether (sulfide) groups is 1. The molecule has 1 aliphatic rings. The van der Waals surface area contributed by atoms with Crippen molar-refractivity contribution in [3.63, 3.8) is 0 Å². The molecule has 1 fully saturated rings. The molecule has 1 aromatic rings. The van der Waals surface area contributed by atoms with Gasteiger partial charge in [0.15, 0.2) is 0 Å². The van der Waals surface area contributed by atoms with E-state index in [-0.39, 0.29) is 0 Å². The maximum atomic E-state index is 5.49. The molecule has 3 N–H and O–H groups in total. The van der Waals surface area contributed by atoms with E-state index in [2.05, 4.69) is 9.97 Å². The summed E-state index contributed by atoms with van der Waals surface area (Å²) in [6.07, 6.45) is 4.56. The number of nitrogens with one attached hydrogen (secondary N) is 1. The minimum atomic E-state index is 0.514. The van der Waals surface area contributed by atoms with Gasteiger partial charge in [-0.3, -0.25) is 0 Å². The predicted molar refractivity (Wildman–Crippen MR) is 55.8 cm³/mol. The molecular weight excluding hydrogens is 182 g/mol. The summed E-state index contributed by atoms with van der Waals surface area (Å²) in [4.78, 5) is 7.50. The number of rotatable bonds is 2. The van der Waals surface area contributed by atoms with E-state index in [4.69, 9.17) is 5.73 Å². The Labute approximate surface area is 82.5 Å². The Kier molecular flexibility index (Phi) is 2.90. The zero-order chi connectivity index (χ0) is 9.10. The lowest BCUT2D eigenvalue weighted by Gasteiger charge is -2.19. The molecule has 3 nitrogen and oxygen atoms in total. The average molecular weight is 197 g/mol. The molecule has 1 atom stereocenters. The standard InChI is InChI=1S/C9H15N3S/c10-4-9-11-5-8(12-9)7-2-1-3-13-6-7/h5,7H,1-4,6,10H2,(H,11,12). The van der Waals surface area contributed by atoms with Gasteiger partial charge in [0, 0.05) is 23.6 Å². The number of nitrogens with two attached hydrogens (primary N) is 1. The molecule has 4 heteroatoms. The Morgan fingerprint density at radius 2 is 2.62 bits per heavy atom. The van der Waals surface area contributed by atoms with E-state index in [1.54, 1.807) is 0 Å². The average Bonchev–Trinajstić information content (AvgIpc) is 2.67. The first-order valence-corrected chi connectivity index (χ1v) is 5.87. The molecule has 72 valence electrons. The van der Waals surface area contributed by atoms with Gasteiger partial charge in [0.25, 0.3) is 0 Å². The summed E-state index contributed by atoms with van der Waals surface area (Å²) in [5.74, 6) is 4.12. The monoisotopic (exact) mass is 197 g/mol. The van der Waals surface area contributed by atoms with Crippen LogP contribution in [0.4, 0.5) is 0 Å². The smallest absolute Gasteiger partial charge is 0.120 e. The molecule has 2 rings (SSSR count). The molecular formula is C9H15N3S. The SMILES string of the molecule is NCc1ncc(C2CCCSC2)[nH]1. The van der Waals surface area contributed by atoms with Gasteiger partial charge in [0.2, 0.25) is 0 Å². The van der Waals surface area contributed by atoms with Gasteiger partial charge in [-0.1, -0.05) is 0 Å². The van der Waals surface area contributed by atoms with Gasteiger partial charge in [0.1, 0.15) is 5.82 Å². The molecule has 2 heterocycles. The maximum absolute atomic E-state index is 5.49. The maximum Gasteiger partial charge on any atom is 0.120 e. The highest BCUT2D eigenvalue weighted by atomic mass is 32.2. The second kappa shape index (κ2) is 4.15. The number of nitrogens with zero attached hydrogens (tertiary/aromatic N) is 1. The molecule has 0 spiro atoms. The van der Waals surface area contributed by atoms with Crippen LogP contribution in [0.25, 0.3) is 0 Å². The Bertz CT molecular complexity index is 266. The third kappa shape index (κ3) is 2.06. The third-order valence-electron chi connectivity index (χ3n) is 2.44. The fourth-order valence-corrected chi connectivity index (χ4v) is 2.84. The lowest BCUT2D eigenvalue weighted by molar-refractivity contribution is 0.644. The summed E-state index contributed by atoms with van der Waals surface area (Å²) in [6, 6.07) is 0. The van der Waals surface area contributed by atoms with Crippen LogP contribution < -0.4 is 5.73 Å². The molecule has 13 heavy (non-hydrogen) atoms. The van der Waals surface area contributed by atoms with Crippen molar-refractivity contribution < 1.29 is 0 Å². The quantitative estimate of drug-likeness (QED) is 0.755. The summed E-state index contributed by atoms with van der Waals surface area (Å²) in [5, 5.41) is 0. The van der Waals surface area contributed by atoms with Gasteiger partial charge in [-0.25, -0.2) is 4.98 Å². The summed E-state index contributed by atoms with van der Waals surface area (Å²) < 4.78 is 0. The Balaban J connectivity index is 2.05. The number of hydrogen-bond donors (Lipinski definition) is 2. The molecule has 0 radical (unpaired) electrons. The van der Waals surface area contributed by atoms with Crippen LogP contribution in [0.5, 0.6) is 0 Å². The fraction of sp³-hybridized carbons (Fsp3) is 0.667. The summed E-state index contributed by atoms with van der Waals surface area (Å²) in [7, 11) is 0. The highest BCUT2D eigenvalue weighted by molar-refractivity contribution is 7.99. The highest BCUT2D eigenvalue weighted by Gasteiger charge is 2.17. The largest absolute Gasteiger partial charge is 0.345 e. The van der Waals surface area contributed by atoms with E-state index in [9.17, 15) is 0 Å². The predicted octanol–water partition coefficient (Wildman–Crippen LogP) is 1.48. The molecule has 0 amide bonds. The van der Waals surface area contributed by atoms with Crippen LogP contribution in [0.15, 0.2) is 6.20 Å². The van der Waals surface area contributed by atoms with E-state index in [0.29, 0.717) is 12.5 Å². The zero-order valence-corrected chi connectivity index (χ0v) is 8.44. The van der Waals surface area contributed by atoms with Gasteiger partial charge in [-0.05, 0) is 18.6 Å². The first-order valence-electron chi connectivity index (χ1n) is 4.71. The number of hydrogen-bond acceptors (Lipinski definition) is 3.